The summed E-state index contributed by atoms with van der Waals surface area (Å²) in [5.41, 5.74) is 0.769. The second-order valence-electron chi connectivity index (χ2n) is 3.38. The van der Waals surface area contributed by atoms with Gasteiger partial charge in [-0.25, -0.2) is 13.5 Å². The topological polar surface area (TPSA) is 17.8 Å². The van der Waals surface area contributed by atoms with Crippen LogP contribution in [0.1, 0.15) is 17.7 Å². The van der Waals surface area contributed by atoms with Crippen molar-refractivity contribution in [1.82, 2.24) is 9.78 Å². The monoisotopic (exact) mass is 320 g/mol. The van der Waals surface area contributed by atoms with Crippen molar-refractivity contribution in [2.75, 3.05) is 0 Å². The lowest BCUT2D eigenvalue weighted by Crippen LogP contribution is -2.03. The van der Waals surface area contributed by atoms with Gasteiger partial charge < -0.3 is 0 Å². The molecule has 1 aromatic carbocycles. The Morgan fingerprint density at radius 3 is 2.76 bits per heavy atom. The van der Waals surface area contributed by atoms with Crippen molar-refractivity contribution < 1.29 is 8.78 Å². The van der Waals surface area contributed by atoms with Crippen LogP contribution in [0.25, 0.3) is 5.69 Å². The van der Waals surface area contributed by atoms with Gasteiger partial charge in [-0.3, -0.25) is 0 Å². The van der Waals surface area contributed by atoms with Crippen molar-refractivity contribution in [3.63, 3.8) is 0 Å². The average molecular weight is 322 g/mol. The molecule has 0 saturated heterocycles. The van der Waals surface area contributed by atoms with Crippen LogP contribution in [-0.2, 0) is 5.88 Å². The third-order valence-corrected chi connectivity index (χ3v) is 3.07. The van der Waals surface area contributed by atoms with Gasteiger partial charge in [-0.05, 0) is 18.2 Å². The maximum absolute atomic E-state index is 13.0. The minimum Gasteiger partial charge on any atom is -0.232 e. The van der Waals surface area contributed by atoms with Gasteiger partial charge in [0.2, 0.25) is 0 Å². The standard InChI is InChI=1S/C11H8BrClF2N2/c12-8-2-1-3-9(4-8)17-10(11(14)15)7(5-13)6-16-17/h1-4,6,11H,5H2. The zero-order chi connectivity index (χ0) is 12.4. The van der Waals surface area contributed by atoms with E-state index in [-0.39, 0.29) is 11.6 Å². The van der Waals surface area contributed by atoms with Crippen molar-refractivity contribution in [3.05, 3.63) is 46.2 Å². The molecule has 17 heavy (non-hydrogen) atoms. The van der Waals surface area contributed by atoms with E-state index in [4.69, 9.17) is 11.6 Å². The molecule has 0 amide bonds. The van der Waals surface area contributed by atoms with Gasteiger partial charge >= 0.3 is 0 Å². The van der Waals surface area contributed by atoms with E-state index in [1.54, 1.807) is 18.2 Å². The molecule has 1 aromatic heterocycles. The molecule has 1 heterocycles. The number of hydrogen-bond donors (Lipinski definition) is 0. The van der Waals surface area contributed by atoms with Gasteiger partial charge in [0, 0.05) is 10.0 Å². The first kappa shape index (κ1) is 12.5. The molecule has 0 spiro atoms. The Labute approximate surface area is 110 Å². The van der Waals surface area contributed by atoms with Gasteiger partial charge in [-0.1, -0.05) is 22.0 Å². The van der Waals surface area contributed by atoms with Crippen molar-refractivity contribution in [3.8, 4) is 5.69 Å². The molecule has 0 radical (unpaired) electrons. The van der Waals surface area contributed by atoms with Crippen LogP contribution < -0.4 is 0 Å². The van der Waals surface area contributed by atoms with Crippen LogP contribution in [0.3, 0.4) is 0 Å². The van der Waals surface area contributed by atoms with Crippen molar-refractivity contribution in [2.45, 2.75) is 12.3 Å². The molecular weight excluding hydrogens is 313 g/mol. The molecule has 0 saturated carbocycles. The van der Waals surface area contributed by atoms with E-state index in [0.29, 0.717) is 11.3 Å². The Morgan fingerprint density at radius 2 is 2.18 bits per heavy atom. The zero-order valence-corrected chi connectivity index (χ0v) is 10.9. The van der Waals surface area contributed by atoms with E-state index < -0.39 is 6.43 Å². The Kier molecular flexibility index (Phi) is 3.79. The van der Waals surface area contributed by atoms with Crippen LogP contribution in [0.2, 0.25) is 0 Å². The molecule has 0 aliphatic rings. The van der Waals surface area contributed by atoms with E-state index in [1.165, 1.54) is 10.9 Å². The lowest BCUT2D eigenvalue weighted by Gasteiger charge is -2.08. The van der Waals surface area contributed by atoms with Gasteiger partial charge in [0.25, 0.3) is 6.43 Å². The molecule has 0 fully saturated rings. The maximum atomic E-state index is 13.0. The predicted octanol–water partition coefficient (Wildman–Crippen LogP) is 4.31. The Morgan fingerprint density at radius 1 is 1.41 bits per heavy atom. The van der Waals surface area contributed by atoms with Gasteiger partial charge in [0.05, 0.1) is 17.8 Å². The molecular formula is C11H8BrClF2N2. The summed E-state index contributed by atoms with van der Waals surface area (Å²) >= 11 is 8.90. The largest absolute Gasteiger partial charge is 0.280 e. The molecule has 2 aromatic rings. The van der Waals surface area contributed by atoms with Crippen LogP contribution in [0.15, 0.2) is 34.9 Å². The number of halogens is 4. The SMILES string of the molecule is FC(F)c1c(CCl)cnn1-c1cccc(Br)c1. The fourth-order valence-corrected chi connectivity index (χ4v) is 2.13. The fourth-order valence-electron chi connectivity index (χ4n) is 1.54. The first-order chi connectivity index (χ1) is 8.13. The minimum absolute atomic E-state index is 0.0215. The summed E-state index contributed by atoms with van der Waals surface area (Å²) in [6.45, 7) is 0. The summed E-state index contributed by atoms with van der Waals surface area (Å²) < 4.78 is 27.9. The number of nitrogens with zero attached hydrogens (tertiary/aromatic N) is 2. The van der Waals surface area contributed by atoms with Crippen LogP contribution >= 0.6 is 27.5 Å². The molecule has 0 aliphatic carbocycles. The third kappa shape index (κ3) is 2.50. The molecule has 0 N–H and O–H groups in total. The Hall–Kier alpha value is -0.940. The lowest BCUT2D eigenvalue weighted by atomic mass is 10.2. The molecule has 0 bridgehead atoms. The summed E-state index contributed by atoms with van der Waals surface area (Å²) in [6.07, 6.45) is -1.24. The van der Waals surface area contributed by atoms with Gasteiger partial charge in [0.1, 0.15) is 5.69 Å². The van der Waals surface area contributed by atoms with Gasteiger partial charge in [-0.15, -0.1) is 11.6 Å². The van der Waals surface area contributed by atoms with Crippen molar-refractivity contribution in [2.24, 2.45) is 0 Å². The third-order valence-electron chi connectivity index (χ3n) is 2.29. The first-order valence-electron chi connectivity index (χ1n) is 4.80. The molecule has 0 atom stereocenters. The summed E-state index contributed by atoms with van der Waals surface area (Å²) in [5, 5.41) is 3.95. The second-order valence-corrected chi connectivity index (χ2v) is 4.56. The van der Waals surface area contributed by atoms with Crippen LogP contribution in [0.4, 0.5) is 8.78 Å². The highest BCUT2D eigenvalue weighted by molar-refractivity contribution is 9.10. The van der Waals surface area contributed by atoms with E-state index in [0.717, 1.165) is 4.47 Å². The zero-order valence-electron chi connectivity index (χ0n) is 8.58. The van der Waals surface area contributed by atoms with Crippen molar-refractivity contribution in [1.29, 1.82) is 0 Å². The molecule has 90 valence electrons. The van der Waals surface area contributed by atoms with Gasteiger partial charge in [0.15, 0.2) is 0 Å². The van der Waals surface area contributed by atoms with Crippen LogP contribution in [-0.4, -0.2) is 9.78 Å². The maximum Gasteiger partial charge on any atom is 0.280 e. The molecule has 6 heteroatoms. The normalized spacial score (nSPS) is 11.1. The smallest absolute Gasteiger partial charge is 0.232 e. The Bertz CT molecular complexity index is 528. The number of hydrogen-bond acceptors (Lipinski definition) is 1. The molecule has 0 unspecified atom stereocenters. The first-order valence-corrected chi connectivity index (χ1v) is 6.13. The number of rotatable bonds is 3. The van der Waals surface area contributed by atoms with E-state index >= 15 is 0 Å². The molecule has 2 rings (SSSR count). The average Bonchev–Trinajstić information content (AvgIpc) is 2.72. The summed E-state index contributed by atoms with van der Waals surface area (Å²) in [6, 6.07) is 7.01. The molecule has 0 aliphatic heterocycles. The summed E-state index contributed by atoms with van der Waals surface area (Å²) in [4.78, 5) is 0. The minimum atomic E-state index is -2.61. The number of benzene rings is 1. The Balaban J connectivity index is 2.56. The summed E-state index contributed by atoms with van der Waals surface area (Å²) in [7, 11) is 0. The second kappa shape index (κ2) is 5.14. The highest BCUT2D eigenvalue weighted by Gasteiger charge is 2.20. The quantitative estimate of drug-likeness (QED) is 0.770. The number of alkyl halides is 3. The van der Waals surface area contributed by atoms with Gasteiger partial charge in [-0.2, -0.15) is 5.10 Å². The van der Waals surface area contributed by atoms with E-state index in [9.17, 15) is 8.78 Å². The highest BCUT2D eigenvalue weighted by Crippen LogP contribution is 2.27. The lowest BCUT2D eigenvalue weighted by molar-refractivity contribution is 0.142. The fraction of sp³-hybridized carbons (Fsp3) is 0.182. The summed E-state index contributed by atoms with van der Waals surface area (Å²) in [5.74, 6) is 0.0215. The number of aromatic nitrogens is 2. The van der Waals surface area contributed by atoms with Crippen LogP contribution in [0, 0.1) is 0 Å². The highest BCUT2D eigenvalue weighted by atomic mass is 79.9. The predicted molar refractivity (Wildman–Crippen MR) is 65.8 cm³/mol. The van der Waals surface area contributed by atoms with E-state index in [2.05, 4.69) is 21.0 Å². The van der Waals surface area contributed by atoms with Crippen molar-refractivity contribution >= 4 is 27.5 Å². The van der Waals surface area contributed by atoms with Crippen LogP contribution in [0.5, 0.6) is 0 Å². The van der Waals surface area contributed by atoms with E-state index in [1.807, 2.05) is 6.07 Å². The molecule has 2 nitrogen and oxygen atoms in total.